The molecule has 0 aliphatic carbocycles. The van der Waals surface area contributed by atoms with Crippen LogP contribution >= 0.6 is 0 Å². The zero-order valence-corrected chi connectivity index (χ0v) is 19.0. The lowest BCUT2D eigenvalue weighted by atomic mass is 9.85. The molecule has 0 fully saturated rings. The first-order valence-corrected chi connectivity index (χ1v) is 10.5. The van der Waals surface area contributed by atoms with E-state index in [1.165, 1.54) is 5.56 Å². The number of hydrogen-bond donors (Lipinski definition) is 0. The first kappa shape index (κ1) is 21.0. The van der Waals surface area contributed by atoms with Crippen LogP contribution in [0, 0.1) is 13.8 Å². The number of rotatable bonds is 3. The zero-order chi connectivity index (χ0) is 22.3. The summed E-state index contributed by atoms with van der Waals surface area (Å²) in [6, 6.07) is 13.1. The second-order valence-corrected chi connectivity index (χ2v) is 8.95. The largest absolute Gasteiger partial charge is 0.486 e. The number of aryl methyl sites for hydroxylation is 1. The van der Waals surface area contributed by atoms with Crippen molar-refractivity contribution in [3.8, 4) is 17.2 Å². The Labute approximate surface area is 183 Å². The molecular weight excluding hydrogens is 390 g/mol. The van der Waals surface area contributed by atoms with Crippen molar-refractivity contribution in [3.63, 3.8) is 0 Å². The third-order valence-corrected chi connectivity index (χ3v) is 5.60. The fraction of sp³-hybridized carbons (Fsp3) is 0.360. The minimum absolute atomic E-state index is 0.00169. The number of amides is 1. The minimum Gasteiger partial charge on any atom is -0.486 e. The van der Waals surface area contributed by atoms with Gasteiger partial charge in [-0.1, -0.05) is 26.8 Å². The molecule has 1 aliphatic heterocycles. The van der Waals surface area contributed by atoms with Gasteiger partial charge in [-0.2, -0.15) is 5.10 Å². The van der Waals surface area contributed by atoms with E-state index in [1.54, 1.807) is 11.9 Å². The fourth-order valence-corrected chi connectivity index (χ4v) is 4.30. The van der Waals surface area contributed by atoms with Crippen LogP contribution in [0.2, 0.25) is 0 Å². The Morgan fingerprint density at radius 3 is 2.42 bits per heavy atom. The van der Waals surface area contributed by atoms with Gasteiger partial charge in [-0.05, 0) is 49.6 Å². The number of carbonyl (C=O) groups excluding carboxylic acids is 1. The highest BCUT2D eigenvalue weighted by Crippen LogP contribution is 2.34. The van der Waals surface area contributed by atoms with E-state index in [2.05, 4.69) is 27.7 Å². The molecule has 0 N–H and O–H groups in total. The SMILES string of the molecule is Cc1nn(-c2cccc(C(=O)N(C)c3ccc4c(c3)OCCO4)c2)c(C)c1C(C)(C)C. The molecule has 0 atom stereocenters. The maximum atomic E-state index is 13.2. The van der Waals surface area contributed by atoms with Crippen molar-refractivity contribution in [2.24, 2.45) is 0 Å². The molecular formula is C25H29N3O3. The van der Waals surface area contributed by atoms with Crippen molar-refractivity contribution in [2.75, 3.05) is 25.2 Å². The van der Waals surface area contributed by atoms with Gasteiger partial charge in [0, 0.05) is 35.6 Å². The number of benzene rings is 2. The molecule has 1 aliphatic rings. The summed E-state index contributed by atoms with van der Waals surface area (Å²) >= 11 is 0. The summed E-state index contributed by atoms with van der Waals surface area (Å²) in [5.74, 6) is 1.27. The van der Waals surface area contributed by atoms with E-state index in [9.17, 15) is 4.79 Å². The Morgan fingerprint density at radius 1 is 1.03 bits per heavy atom. The number of ether oxygens (including phenoxy) is 2. The monoisotopic (exact) mass is 419 g/mol. The van der Waals surface area contributed by atoms with Gasteiger partial charge in [0.1, 0.15) is 13.2 Å². The van der Waals surface area contributed by atoms with Crippen LogP contribution in [0.3, 0.4) is 0 Å². The zero-order valence-electron chi connectivity index (χ0n) is 19.0. The third kappa shape index (κ3) is 3.90. The third-order valence-electron chi connectivity index (χ3n) is 5.60. The summed E-state index contributed by atoms with van der Waals surface area (Å²) in [6.07, 6.45) is 0. The molecule has 0 bridgehead atoms. The van der Waals surface area contributed by atoms with Gasteiger partial charge in [0.15, 0.2) is 11.5 Å². The predicted octanol–water partition coefficient (Wildman–Crippen LogP) is 4.83. The average Bonchev–Trinajstić information content (AvgIpc) is 3.06. The topological polar surface area (TPSA) is 56.6 Å². The minimum atomic E-state index is -0.101. The summed E-state index contributed by atoms with van der Waals surface area (Å²) in [5, 5.41) is 4.76. The summed E-state index contributed by atoms with van der Waals surface area (Å²) in [7, 11) is 1.77. The molecule has 3 aromatic rings. The Bertz CT molecular complexity index is 1140. The molecule has 1 amide bonds. The van der Waals surface area contributed by atoms with Crippen molar-refractivity contribution >= 4 is 11.6 Å². The summed E-state index contributed by atoms with van der Waals surface area (Å²) in [4.78, 5) is 14.9. The lowest BCUT2D eigenvalue weighted by molar-refractivity contribution is 0.0993. The Balaban J connectivity index is 1.65. The Morgan fingerprint density at radius 2 is 1.74 bits per heavy atom. The van der Waals surface area contributed by atoms with Crippen LogP contribution in [-0.2, 0) is 5.41 Å². The second kappa shape index (κ2) is 7.76. The summed E-state index contributed by atoms with van der Waals surface area (Å²) in [6.45, 7) is 11.7. The van der Waals surface area contributed by atoms with Gasteiger partial charge in [-0.15, -0.1) is 0 Å². The first-order valence-electron chi connectivity index (χ1n) is 10.5. The first-order chi connectivity index (χ1) is 14.7. The van der Waals surface area contributed by atoms with E-state index in [1.807, 2.05) is 54.1 Å². The molecule has 2 aromatic carbocycles. The number of aromatic nitrogens is 2. The molecule has 6 nitrogen and oxygen atoms in total. The van der Waals surface area contributed by atoms with E-state index in [0.717, 1.165) is 22.8 Å². The maximum absolute atomic E-state index is 13.2. The number of anilines is 1. The maximum Gasteiger partial charge on any atom is 0.258 e. The molecule has 2 heterocycles. The van der Waals surface area contributed by atoms with Gasteiger partial charge in [0.05, 0.1) is 11.4 Å². The van der Waals surface area contributed by atoms with E-state index in [-0.39, 0.29) is 11.3 Å². The normalized spacial score (nSPS) is 13.2. The van der Waals surface area contributed by atoms with Crippen molar-refractivity contribution in [3.05, 3.63) is 65.0 Å². The molecule has 6 heteroatoms. The fourth-order valence-electron chi connectivity index (χ4n) is 4.30. The number of hydrogen-bond acceptors (Lipinski definition) is 4. The number of fused-ring (bicyclic) bond motifs is 1. The second-order valence-electron chi connectivity index (χ2n) is 8.95. The molecule has 31 heavy (non-hydrogen) atoms. The molecule has 4 rings (SSSR count). The highest BCUT2D eigenvalue weighted by atomic mass is 16.6. The average molecular weight is 420 g/mol. The summed E-state index contributed by atoms with van der Waals surface area (Å²) < 4.78 is 13.2. The predicted molar refractivity (Wildman–Crippen MR) is 122 cm³/mol. The van der Waals surface area contributed by atoms with Gasteiger partial charge < -0.3 is 14.4 Å². The van der Waals surface area contributed by atoms with Gasteiger partial charge in [0.2, 0.25) is 0 Å². The Kier molecular flexibility index (Phi) is 5.25. The molecule has 0 saturated heterocycles. The van der Waals surface area contributed by atoms with E-state index in [0.29, 0.717) is 30.3 Å². The van der Waals surface area contributed by atoms with Crippen molar-refractivity contribution in [2.45, 2.75) is 40.0 Å². The highest BCUT2D eigenvalue weighted by Gasteiger charge is 2.24. The van der Waals surface area contributed by atoms with Crippen LogP contribution in [0.1, 0.15) is 48.1 Å². The molecule has 0 saturated carbocycles. The van der Waals surface area contributed by atoms with Gasteiger partial charge in [-0.3, -0.25) is 4.79 Å². The number of carbonyl (C=O) groups is 1. The molecule has 162 valence electrons. The van der Waals surface area contributed by atoms with E-state index < -0.39 is 0 Å². The Hall–Kier alpha value is -3.28. The van der Waals surface area contributed by atoms with Crippen LogP contribution < -0.4 is 14.4 Å². The van der Waals surface area contributed by atoms with Crippen LogP contribution in [-0.4, -0.2) is 35.9 Å². The molecule has 0 spiro atoms. The van der Waals surface area contributed by atoms with E-state index in [4.69, 9.17) is 14.6 Å². The molecule has 0 radical (unpaired) electrons. The van der Waals surface area contributed by atoms with Gasteiger partial charge in [0.25, 0.3) is 5.91 Å². The lowest BCUT2D eigenvalue weighted by Gasteiger charge is -2.22. The van der Waals surface area contributed by atoms with Crippen molar-refractivity contribution in [1.82, 2.24) is 9.78 Å². The lowest BCUT2D eigenvalue weighted by Crippen LogP contribution is -2.26. The van der Waals surface area contributed by atoms with Crippen molar-refractivity contribution < 1.29 is 14.3 Å². The quantitative estimate of drug-likeness (QED) is 0.610. The van der Waals surface area contributed by atoms with Crippen LogP contribution in [0.15, 0.2) is 42.5 Å². The summed E-state index contributed by atoms with van der Waals surface area (Å²) in [5.41, 5.74) is 5.55. The highest BCUT2D eigenvalue weighted by molar-refractivity contribution is 6.06. The van der Waals surface area contributed by atoms with Crippen LogP contribution in [0.4, 0.5) is 5.69 Å². The molecule has 0 unspecified atom stereocenters. The van der Waals surface area contributed by atoms with Crippen LogP contribution in [0.5, 0.6) is 11.5 Å². The van der Waals surface area contributed by atoms with Crippen LogP contribution in [0.25, 0.3) is 5.69 Å². The smallest absolute Gasteiger partial charge is 0.258 e. The standard InChI is InChI=1S/C25H29N3O3/c1-16-23(25(3,4)5)17(2)28(26-16)20-9-7-8-18(14-20)24(29)27(6)19-10-11-21-22(15-19)31-13-12-30-21/h7-11,14-15H,12-13H2,1-6H3. The van der Waals surface area contributed by atoms with Crippen molar-refractivity contribution in [1.29, 1.82) is 0 Å². The molecule has 1 aromatic heterocycles. The van der Waals surface area contributed by atoms with Gasteiger partial charge >= 0.3 is 0 Å². The number of nitrogens with zero attached hydrogens (tertiary/aromatic N) is 3. The van der Waals surface area contributed by atoms with Gasteiger partial charge in [-0.25, -0.2) is 4.68 Å². The van der Waals surface area contributed by atoms with E-state index >= 15 is 0 Å².